The van der Waals surface area contributed by atoms with Gasteiger partial charge in [-0.3, -0.25) is 4.57 Å². The predicted molar refractivity (Wildman–Crippen MR) is 152 cm³/mol. The molecule has 12 heteroatoms. The molecule has 2 aliphatic heterocycles. The number of benzene rings is 1. The maximum Gasteiger partial charge on any atom is 0.296 e. The molecule has 1 aromatic carbocycles. The molecule has 0 spiro atoms. The second-order valence-electron chi connectivity index (χ2n) is 10.9. The number of rotatable bonds is 7. The number of ether oxygens (including phenoxy) is 2. The highest BCUT2D eigenvalue weighted by atomic mass is 19.3. The molecular formula is C29H40F3N7O2. The van der Waals surface area contributed by atoms with Gasteiger partial charge in [0.2, 0.25) is 5.95 Å². The lowest BCUT2D eigenvalue weighted by Crippen LogP contribution is -2.37. The van der Waals surface area contributed by atoms with Crippen molar-refractivity contribution < 1.29 is 22.7 Å². The van der Waals surface area contributed by atoms with Crippen molar-refractivity contribution in [2.45, 2.75) is 57.4 Å². The van der Waals surface area contributed by atoms with Crippen LogP contribution < -0.4 is 10.2 Å². The van der Waals surface area contributed by atoms with Crippen molar-refractivity contribution in [1.82, 2.24) is 24.6 Å². The fourth-order valence-electron chi connectivity index (χ4n) is 5.67. The van der Waals surface area contributed by atoms with Gasteiger partial charge in [-0.2, -0.15) is 9.97 Å². The number of aromatic nitrogens is 4. The zero-order valence-electron chi connectivity index (χ0n) is 23.7. The van der Waals surface area contributed by atoms with Crippen LogP contribution in [-0.2, 0) is 9.47 Å². The van der Waals surface area contributed by atoms with E-state index in [1.807, 2.05) is 6.07 Å². The van der Waals surface area contributed by atoms with Gasteiger partial charge in [0.15, 0.2) is 5.82 Å². The molecule has 1 saturated carbocycles. The Hall–Kier alpha value is -2.96. The van der Waals surface area contributed by atoms with Crippen LogP contribution in [0.4, 0.5) is 25.0 Å². The molecule has 0 atom stereocenters. The van der Waals surface area contributed by atoms with E-state index in [-0.39, 0.29) is 11.9 Å². The molecule has 41 heavy (non-hydrogen) atoms. The lowest BCUT2D eigenvalue weighted by molar-refractivity contribution is -0.0454. The lowest BCUT2D eigenvalue weighted by Gasteiger charge is -2.28. The van der Waals surface area contributed by atoms with Crippen molar-refractivity contribution in [1.29, 1.82) is 0 Å². The van der Waals surface area contributed by atoms with Gasteiger partial charge in [-0.15, -0.1) is 9.60 Å². The average molecular weight is 576 g/mol. The molecule has 3 aliphatic rings. The maximum absolute atomic E-state index is 13.9. The first-order valence-electron chi connectivity index (χ1n) is 14.7. The van der Waals surface area contributed by atoms with Crippen LogP contribution in [0.1, 0.15) is 57.2 Å². The predicted octanol–water partition coefficient (Wildman–Crippen LogP) is 5.56. The number of fused-ring (bicyclic) bond motifs is 1. The number of imidazole rings is 1. The smallest absolute Gasteiger partial charge is 0.296 e. The Balaban J connectivity index is 0.000000321. The molecule has 4 heterocycles. The van der Waals surface area contributed by atoms with Crippen molar-refractivity contribution in [3.05, 3.63) is 36.2 Å². The molecule has 2 aromatic heterocycles. The highest BCUT2D eigenvalue weighted by Gasteiger charge is 2.24. The summed E-state index contributed by atoms with van der Waals surface area (Å²) >= 11 is 0. The number of hydrogen-bond donors (Lipinski definition) is 1. The molecule has 6 rings (SSSR count). The molecule has 1 aliphatic carbocycles. The van der Waals surface area contributed by atoms with E-state index in [0.29, 0.717) is 74.1 Å². The van der Waals surface area contributed by atoms with Crippen molar-refractivity contribution in [3.63, 3.8) is 0 Å². The minimum atomic E-state index is -2.72. The molecule has 0 amide bonds. The number of anilines is 2. The van der Waals surface area contributed by atoms with Crippen molar-refractivity contribution in [3.8, 4) is 5.82 Å². The molecular weight excluding hydrogens is 535 g/mol. The van der Waals surface area contributed by atoms with Crippen LogP contribution in [0, 0.1) is 5.92 Å². The number of halogens is 3. The van der Waals surface area contributed by atoms with Crippen LogP contribution in [0.5, 0.6) is 0 Å². The summed E-state index contributed by atoms with van der Waals surface area (Å²) in [7, 11) is 1.47. The van der Waals surface area contributed by atoms with E-state index >= 15 is 0 Å². The highest BCUT2D eigenvalue weighted by molar-refractivity contribution is 5.78. The third-order valence-corrected chi connectivity index (χ3v) is 8.01. The van der Waals surface area contributed by atoms with Crippen LogP contribution in [0.25, 0.3) is 16.9 Å². The minimum Gasteiger partial charge on any atom is -0.381 e. The van der Waals surface area contributed by atoms with E-state index in [1.165, 1.54) is 43.7 Å². The third-order valence-electron chi connectivity index (χ3n) is 8.01. The highest BCUT2D eigenvalue weighted by Crippen LogP contribution is 2.30. The summed E-state index contributed by atoms with van der Waals surface area (Å²) in [5.74, 6) is 1.86. The van der Waals surface area contributed by atoms with Gasteiger partial charge in [0, 0.05) is 52.0 Å². The lowest BCUT2D eigenvalue weighted by atomic mass is 9.89. The van der Waals surface area contributed by atoms with E-state index in [0.717, 1.165) is 24.5 Å². The normalized spacial score (nSPS) is 19.0. The SMILES string of the molecule is CN(F)C1CCOCC1.FC(F)c1nc2ccccc2n1-c1cc(N2CCOCC2)nc(NCC2CCCCC2)n1. The Kier molecular flexibility index (Phi) is 10.3. The Morgan fingerprint density at radius 2 is 1.61 bits per heavy atom. The summed E-state index contributed by atoms with van der Waals surface area (Å²) < 4.78 is 52.2. The number of alkyl halides is 2. The quantitative estimate of drug-likeness (QED) is 0.367. The zero-order chi connectivity index (χ0) is 28.6. The molecule has 9 nitrogen and oxygen atoms in total. The summed E-state index contributed by atoms with van der Waals surface area (Å²) in [4.78, 5) is 15.7. The van der Waals surface area contributed by atoms with E-state index in [2.05, 4.69) is 20.2 Å². The summed E-state index contributed by atoms with van der Waals surface area (Å²) in [6, 6.07) is 9.02. The molecule has 0 unspecified atom stereocenters. The van der Waals surface area contributed by atoms with Gasteiger partial charge < -0.3 is 19.7 Å². The van der Waals surface area contributed by atoms with Crippen LogP contribution in [0.15, 0.2) is 30.3 Å². The third kappa shape index (κ3) is 7.66. The summed E-state index contributed by atoms with van der Waals surface area (Å²) in [5, 5.41) is 4.17. The van der Waals surface area contributed by atoms with Gasteiger partial charge in [-0.1, -0.05) is 31.4 Å². The van der Waals surface area contributed by atoms with Crippen LogP contribution in [0.2, 0.25) is 0 Å². The largest absolute Gasteiger partial charge is 0.381 e. The molecule has 2 saturated heterocycles. The van der Waals surface area contributed by atoms with Crippen molar-refractivity contribution in [2.24, 2.45) is 5.92 Å². The van der Waals surface area contributed by atoms with E-state index < -0.39 is 6.43 Å². The number of morpholine rings is 1. The van der Waals surface area contributed by atoms with Crippen LogP contribution >= 0.6 is 0 Å². The van der Waals surface area contributed by atoms with E-state index in [1.54, 1.807) is 24.3 Å². The van der Waals surface area contributed by atoms with Gasteiger partial charge in [0.1, 0.15) is 11.6 Å². The molecule has 0 bridgehead atoms. The van der Waals surface area contributed by atoms with E-state index in [4.69, 9.17) is 14.5 Å². The van der Waals surface area contributed by atoms with Gasteiger partial charge in [-0.25, -0.2) is 13.8 Å². The Bertz CT molecular complexity index is 1240. The minimum absolute atomic E-state index is 0.0961. The van der Waals surface area contributed by atoms with Crippen LogP contribution in [-0.4, -0.2) is 83.8 Å². The van der Waals surface area contributed by atoms with Gasteiger partial charge in [0.05, 0.1) is 24.2 Å². The zero-order valence-corrected chi connectivity index (χ0v) is 23.7. The molecule has 3 aromatic rings. The topological polar surface area (TPSA) is 80.6 Å². The number of hydrogen-bond acceptors (Lipinski definition) is 8. The first-order valence-corrected chi connectivity index (χ1v) is 14.7. The van der Waals surface area contributed by atoms with E-state index in [9.17, 15) is 13.3 Å². The Morgan fingerprint density at radius 3 is 2.29 bits per heavy atom. The standard InChI is InChI=1S/C23H28F2N6O.C6H12FNO/c24-21(25)22-27-17-8-4-5-9-18(17)31(22)20-14-19(30-10-12-32-13-11-30)28-23(29-20)26-15-16-6-2-1-3-7-16;1-8(7)6-2-4-9-5-3-6/h4-5,8-9,14,16,21H,1-3,6-7,10-13,15H2,(H,26,28,29);6H,2-5H2,1H3. The van der Waals surface area contributed by atoms with Gasteiger partial charge in [-0.05, 0) is 43.7 Å². The van der Waals surface area contributed by atoms with Crippen LogP contribution in [0.3, 0.4) is 0 Å². The second-order valence-corrected chi connectivity index (χ2v) is 10.9. The fourth-order valence-corrected chi connectivity index (χ4v) is 5.67. The monoisotopic (exact) mass is 575 g/mol. The summed E-state index contributed by atoms with van der Waals surface area (Å²) in [6.45, 7) is 4.83. The first kappa shape index (κ1) is 29.5. The number of nitrogens with one attached hydrogen (secondary N) is 1. The Morgan fingerprint density at radius 1 is 0.927 bits per heavy atom. The first-order chi connectivity index (χ1) is 20.0. The maximum atomic E-state index is 13.9. The number of nitrogens with zero attached hydrogens (tertiary/aromatic N) is 6. The average Bonchev–Trinajstić information content (AvgIpc) is 3.42. The molecule has 0 radical (unpaired) electrons. The van der Waals surface area contributed by atoms with Crippen molar-refractivity contribution in [2.75, 3.05) is 63.3 Å². The molecule has 224 valence electrons. The Labute approximate surface area is 239 Å². The molecule has 3 fully saturated rings. The molecule has 1 N–H and O–H groups in total. The van der Waals surface area contributed by atoms with Crippen molar-refractivity contribution >= 4 is 22.8 Å². The summed E-state index contributed by atoms with van der Waals surface area (Å²) in [5.41, 5.74) is 1.12. The number of para-hydroxylation sites is 2. The second kappa shape index (κ2) is 14.3. The van der Waals surface area contributed by atoms with Gasteiger partial charge >= 0.3 is 0 Å². The fraction of sp³-hybridized carbons (Fsp3) is 0.621. The van der Waals surface area contributed by atoms with Gasteiger partial charge in [0.25, 0.3) is 6.43 Å². The summed E-state index contributed by atoms with van der Waals surface area (Å²) in [6.07, 6.45) is 5.14.